The number of carbonyl (C=O) groups is 1. The average molecular weight is 172 g/mol. The van der Waals surface area contributed by atoms with Gasteiger partial charge in [-0.2, -0.15) is 0 Å². The standard InChI is InChI=1S/C8H16N2O2/c1-2-10-7(3-5-9)4-6-12-8(10)11/h7H,2-6,9H2,1H3. The minimum absolute atomic E-state index is 0.192. The normalized spacial score (nSPS) is 24.0. The number of cyclic esters (lactones) is 1. The van der Waals surface area contributed by atoms with Gasteiger partial charge in [0, 0.05) is 19.0 Å². The minimum Gasteiger partial charge on any atom is -0.449 e. The van der Waals surface area contributed by atoms with Crippen molar-refractivity contribution in [1.82, 2.24) is 4.90 Å². The molecule has 0 saturated carbocycles. The van der Waals surface area contributed by atoms with Crippen LogP contribution in [0.15, 0.2) is 0 Å². The number of carbonyl (C=O) groups excluding carboxylic acids is 1. The van der Waals surface area contributed by atoms with Crippen LogP contribution < -0.4 is 5.73 Å². The molecule has 1 fully saturated rings. The van der Waals surface area contributed by atoms with Gasteiger partial charge in [0.2, 0.25) is 0 Å². The number of amides is 1. The van der Waals surface area contributed by atoms with Crippen LogP contribution in [0.5, 0.6) is 0 Å². The van der Waals surface area contributed by atoms with Crippen molar-refractivity contribution >= 4 is 6.09 Å². The van der Waals surface area contributed by atoms with Gasteiger partial charge in [0.1, 0.15) is 0 Å². The third-order valence-corrected chi connectivity index (χ3v) is 2.19. The summed E-state index contributed by atoms with van der Waals surface area (Å²) in [5, 5.41) is 0. The van der Waals surface area contributed by atoms with Crippen molar-refractivity contribution in [1.29, 1.82) is 0 Å². The summed E-state index contributed by atoms with van der Waals surface area (Å²) in [6, 6.07) is 0.293. The average Bonchev–Trinajstić information content (AvgIpc) is 2.05. The summed E-state index contributed by atoms with van der Waals surface area (Å²) >= 11 is 0. The molecule has 2 N–H and O–H groups in total. The van der Waals surface area contributed by atoms with E-state index in [1.54, 1.807) is 4.90 Å². The fourth-order valence-corrected chi connectivity index (χ4v) is 1.55. The molecule has 4 nitrogen and oxygen atoms in total. The molecular formula is C8H16N2O2. The van der Waals surface area contributed by atoms with E-state index in [9.17, 15) is 4.79 Å². The number of hydrogen-bond acceptors (Lipinski definition) is 3. The lowest BCUT2D eigenvalue weighted by molar-refractivity contribution is 0.0450. The molecule has 0 aliphatic carbocycles. The van der Waals surface area contributed by atoms with E-state index in [0.717, 1.165) is 12.8 Å². The predicted octanol–water partition coefficient (Wildman–Crippen LogP) is 0.566. The highest BCUT2D eigenvalue weighted by molar-refractivity contribution is 5.68. The summed E-state index contributed by atoms with van der Waals surface area (Å²) < 4.78 is 4.90. The molecule has 1 rings (SSSR count). The second kappa shape index (κ2) is 4.30. The second-order valence-corrected chi connectivity index (χ2v) is 2.92. The maximum Gasteiger partial charge on any atom is 0.409 e. The molecule has 1 heterocycles. The molecular weight excluding hydrogens is 156 g/mol. The van der Waals surface area contributed by atoms with Crippen molar-refractivity contribution in [2.45, 2.75) is 25.8 Å². The monoisotopic (exact) mass is 172 g/mol. The van der Waals surface area contributed by atoms with Gasteiger partial charge in [-0.05, 0) is 19.9 Å². The second-order valence-electron chi connectivity index (χ2n) is 2.92. The van der Waals surface area contributed by atoms with Gasteiger partial charge < -0.3 is 15.4 Å². The van der Waals surface area contributed by atoms with Gasteiger partial charge in [-0.25, -0.2) is 4.79 Å². The van der Waals surface area contributed by atoms with Crippen molar-refractivity contribution in [3.63, 3.8) is 0 Å². The molecule has 0 aromatic heterocycles. The first-order chi connectivity index (χ1) is 5.79. The Kier molecular flexibility index (Phi) is 3.34. The molecule has 0 aromatic rings. The summed E-state index contributed by atoms with van der Waals surface area (Å²) in [5.41, 5.74) is 5.44. The smallest absolute Gasteiger partial charge is 0.409 e. The Morgan fingerprint density at radius 1 is 1.75 bits per heavy atom. The van der Waals surface area contributed by atoms with Gasteiger partial charge in [0.25, 0.3) is 0 Å². The lowest BCUT2D eigenvalue weighted by Gasteiger charge is -2.33. The van der Waals surface area contributed by atoms with Crippen LogP contribution in [0.1, 0.15) is 19.8 Å². The lowest BCUT2D eigenvalue weighted by atomic mass is 10.1. The van der Waals surface area contributed by atoms with Crippen LogP contribution in [-0.2, 0) is 4.74 Å². The van der Waals surface area contributed by atoms with E-state index in [-0.39, 0.29) is 6.09 Å². The van der Waals surface area contributed by atoms with Crippen LogP contribution in [0.3, 0.4) is 0 Å². The number of nitrogens with zero attached hydrogens (tertiary/aromatic N) is 1. The zero-order valence-electron chi connectivity index (χ0n) is 7.45. The fourth-order valence-electron chi connectivity index (χ4n) is 1.55. The summed E-state index contributed by atoms with van der Waals surface area (Å²) in [5.74, 6) is 0. The Hall–Kier alpha value is -0.770. The summed E-state index contributed by atoms with van der Waals surface area (Å²) in [7, 11) is 0. The van der Waals surface area contributed by atoms with E-state index in [1.807, 2.05) is 6.92 Å². The van der Waals surface area contributed by atoms with Gasteiger partial charge in [-0.15, -0.1) is 0 Å². The third kappa shape index (κ3) is 1.88. The van der Waals surface area contributed by atoms with Crippen LogP contribution in [0.2, 0.25) is 0 Å². The molecule has 0 radical (unpaired) electrons. The van der Waals surface area contributed by atoms with Crippen molar-refractivity contribution in [3.05, 3.63) is 0 Å². The topological polar surface area (TPSA) is 55.6 Å². The number of rotatable bonds is 3. The maximum atomic E-state index is 11.2. The quantitative estimate of drug-likeness (QED) is 0.677. The third-order valence-electron chi connectivity index (χ3n) is 2.19. The minimum atomic E-state index is -0.192. The molecule has 1 amide bonds. The van der Waals surface area contributed by atoms with Gasteiger partial charge in [-0.1, -0.05) is 0 Å². The highest BCUT2D eigenvalue weighted by Crippen LogP contribution is 2.15. The molecule has 1 aliphatic heterocycles. The van der Waals surface area contributed by atoms with Crippen LogP contribution in [0.25, 0.3) is 0 Å². The van der Waals surface area contributed by atoms with Crippen LogP contribution >= 0.6 is 0 Å². The first-order valence-corrected chi connectivity index (χ1v) is 4.43. The zero-order chi connectivity index (χ0) is 8.97. The van der Waals surface area contributed by atoms with Gasteiger partial charge in [-0.3, -0.25) is 0 Å². The van der Waals surface area contributed by atoms with Crippen molar-refractivity contribution < 1.29 is 9.53 Å². The van der Waals surface area contributed by atoms with Crippen molar-refractivity contribution in [2.75, 3.05) is 19.7 Å². The summed E-state index contributed by atoms with van der Waals surface area (Å²) in [6.07, 6.45) is 1.60. The van der Waals surface area contributed by atoms with Crippen LogP contribution in [-0.4, -0.2) is 36.7 Å². The summed E-state index contributed by atoms with van der Waals surface area (Å²) in [6.45, 7) is 3.84. The SMILES string of the molecule is CCN1C(=O)OCCC1CCN. The van der Waals surface area contributed by atoms with E-state index in [2.05, 4.69) is 0 Å². The van der Waals surface area contributed by atoms with E-state index in [0.29, 0.717) is 25.7 Å². The van der Waals surface area contributed by atoms with Gasteiger partial charge >= 0.3 is 6.09 Å². The summed E-state index contributed by atoms with van der Waals surface area (Å²) in [4.78, 5) is 12.9. The van der Waals surface area contributed by atoms with E-state index in [1.165, 1.54) is 0 Å². The Labute approximate surface area is 72.7 Å². The highest BCUT2D eigenvalue weighted by atomic mass is 16.6. The molecule has 1 saturated heterocycles. The fraction of sp³-hybridized carbons (Fsp3) is 0.875. The number of ether oxygens (including phenoxy) is 1. The molecule has 0 aromatic carbocycles. The number of hydrogen-bond donors (Lipinski definition) is 1. The molecule has 1 aliphatic rings. The zero-order valence-corrected chi connectivity index (χ0v) is 7.45. The Balaban J connectivity index is 2.51. The largest absolute Gasteiger partial charge is 0.449 e. The molecule has 12 heavy (non-hydrogen) atoms. The van der Waals surface area contributed by atoms with E-state index in [4.69, 9.17) is 10.5 Å². The Morgan fingerprint density at radius 2 is 2.50 bits per heavy atom. The van der Waals surface area contributed by atoms with Crippen LogP contribution in [0, 0.1) is 0 Å². The van der Waals surface area contributed by atoms with E-state index < -0.39 is 0 Å². The maximum absolute atomic E-state index is 11.2. The molecule has 0 spiro atoms. The lowest BCUT2D eigenvalue weighted by Crippen LogP contribution is -2.46. The molecule has 1 unspecified atom stereocenters. The van der Waals surface area contributed by atoms with Gasteiger partial charge in [0.05, 0.1) is 6.61 Å². The number of nitrogens with two attached hydrogens (primary N) is 1. The Bertz CT molecular complexity index is 159. The molecule has 70 valence electrons. The highest BCUT2D eigenvalue weighted by Gasteiger charge is 2.27. The Morgan fingerprint density at radius 3 is 3.08 bits per heavy atom. The molecule has 1 atom stereocenters. The van der Waals surface area contributed by atoms with Crippen molar-refractivity contribution in [3.8, 4) is 0 Å². The van der Waals surface area contributed by atoms with E-state index >= 15 is 0 Å². The molecule has 4 heteroatoms. The first-order valence-electron chi connectivity index (χ1n) is 4.43. The van der Waals surface area contributed by atoms with Crippen molar-refractivity contribution in [2.24, 2.45) is 5.73 Å². The van der Waals surface area contributed by atoms with Gasteiger partial charge in [0.15, 0.2) is 0 Å². The first kappa shape index (κ1) is 9.32. The predicted molar refractivity (Wildman–Crippen MR) is 45.8 cm³/mol. The molecule has 0 bridgehead atoms. The van der Waals surface area contributed by atoms with Crippen LogP contribution in [0.4, 0.5) is 4.79 Å².